The van der Waals surface area contributed by atoms with E-state index in [4.69, 9.17) is 0 Å². The molecule has 80 valence electrons. The van der Waals surface area contributed by atoms with Gasteiger partial charge >= 0.3 is 0 Å². The Morgan fingerprint density at radius 2 is 2.00 bits per heavy atom. The highest BCUT2D eigenvalue weighted by Crippen LogP contribution is 2.27. The van der Waals surface area contributed by atoms with Crippen molar-refractivity contribution in [2.45, 2.75) is 39.7 Å². The molecule has 1 aromatic rings. The molecule has 2 nitrogen and oxygen atoms in total. The van der Waals surface area contributed by atoms with Crippen LogP contribution in [0.4, 0.5) is 5.69 Å². The molecule has 2 rings (SSSR count). The van der Waals surface area contributed by atoms with Gasteiger partial charge in [0.15, 0.2) is 0 Å². The van der Waals surface area contributed by atoms with Gasteiger partial charge in [0, 0.05) is 18.2 Å². The molecule has 15 heavy (non-hydrogen) atoms. The summed E-state index contributed by atoms with van der Waals surface area (Å²) in [5.74, 6) is 0.255. The van der Waals surface area contributed by atoms with E-state index in [2.05, 4.69) is 32.9 Å². The quantitative estimate of drug-likeness (QED) is 0.687. The Morgan fingerprint density at radius 3 is 2.53 bits per heavy atom. The maximum atomic E-state index is 11.7. The minimum absolute atomic E-state index is 0.255. The molecule has 1 aromatic carbocycles. The Hall–Kier alpha value is -1.31. The summed E-state index contributed by atoms with van der Waals surface area (Å²) in [6.07, 6.45) is 1.67. The Bertz CT molecular complexity index is 398. The summed E-state index contributed by atoms with van der Waals surface area (Å²) >= 11 is 0. The van der Waals surface area contributed by atoms with Crippen LogP contribution in [0.1, 0.15) is 30.9 Å². The van der Waals surface area contributed by atoms with E-state index in [9.17, 15) is 4.79 Å². The highest BCUT2D eigenvalue weighted by molar-refractivity contribution is 5.96. The molecule has 0 N–H and O–H groups in total. The number of nitrogens with zero attached hydrogens (tertiary/aromatic N) is 1. The van der Waals surface area contributed by atoms with Crippen molar-refractivity contribution in [2.75, 3.05) is 4.90 Å². The summed E-state index contributed by atoms with van der Waals surface area (Å²) in [6.45, 7) is 6.29. The molecule has 1 saturated heterocycles. The van der Waals surface area contributed by atoms with Crippen molar-refractivity contribution in [3.8, 4) is 0 Å². The highest BCUT2D eigenvalue weighted by atomic mass is 16.2. The molecule has 2 heteroatoms. The Morgan fingerprint density at radius 1 is 1.27 bits per heavy atom. The summed E-state index contributed by atoms with van der Waals surface area (Å²) in [6, 6.07) is 6.58. The van der Waals surface area contributed by atoms with Crippen molar-refractivity contribution in [2.24, 2.45) is 0 Å². The van der Waals surface area contributed by atoms with Gasteiger partial charge in [0.2, 0.25) is 5.91 Å². The lowest BCUT2D eigenvalue weighted by atomic mass is 10.1. The molecule has 0 bridgehead atoms. The molecule has 1 unspecified atom stereocenters. The number of benzene rings is 1. The standard InChI is InChI=1S/C13H17NO/c1-9-4-6-12(8-10(9)2)14-11(3)5-7-13(14)15/h4,6,8,11H,5,7H2,1-3H3. The lowest BCUT2D eigenvalue weighted by Gasteiger charge is -2.22. The van der Waals surface area contributed by atoms with E-state index in [1.54, 1.807) is 0 Å². The van der Waals surface area contributed by atoms with Gasteiger partial charge in [-0.3, -0.25) is 4.79 Å². The second kappa shape index (κ2) is 3.69. The Kier molecular flexibility index (Phi) is 2.51. The summed E-state index contributed by atoms with van der Waals surface area (Å²) in [7, 11) is 0. The second-order valence-corrected chi connectivity index (χ2v) is 4.42. The number of carbonyl (C=O) groups excluding carboxylic acids is 1. The smallest absolute Gasteiger partial charge is 0.227 e. The van der Waals surface area contributed by atoms with Crippen molar-refractivity contribution < 1.29 is 4.79 Å². The van der Waals surface area contributed by atoms with Crippen molar-refractivity contribution in [3.05, 3.63) is 29.3 Å². The second-order valence-electron chi connectivity index (χ2n) is 4.42. The first-order valence-electron chi connectivity index (χ1n) is 5.49. The molecule has 1 heterocycles. The molecule has 0 spiro atoms. The largest absolute Gasteiger partial charge is 0.310 e. The minimum Gasteiger partial charge on any atom is -0.310 e. The van der Waals surface area contributed by atoms with Crippen LogP contribution in [-0.4, -0.2) is 11.9 Å². The van der Waals surface area contributed by atoms with Crippen molar-refractivity contribution in [1.82, 2.24) is 0 Å². The van der Waals surface area contributed by atoms with Gasteiger partial charge in [-0.15, -0.1) is 0 Å². The molecule has 0 saturated carbocycles. The van der Waals surface area contributed by atoms with E-state index in [-0.39, 0.29) is 5.91 Å². The first-order valence-corrected chi connectivity index (χ1v) is 5.49. The van der Waals surface area contributed by atoms with Crippen LogP contribution >= 0.6 is 0 Å². The zero-order valence-corrected chi connectivity index (χ0v) is 9.58. The van der Waals surface area contributed by atoms with Crippen molar-refractivity contribution in [1.29, 1.82) is 0 Å². The first-order chi connectivity index (χ1) is 7.09. The fourth-order valence-corrected chi connectivity index (χ4v) is 2.10. The van der Waals surface area contributed by atoms with Crippen molar-refractivity contribution >= 4 is 11.6 Å². The van der Waals surface area contributed by atoms with E-state index < -0.39 is 0 Å². The fraction of sp³-hybridized carbons (Fsp3) is 0.462. The van der Waals surface area contributed by atoms with Crippen LogP contribution in [0.2, 0.25) is 0 Å². The third-order valence-corrected chi connectivity index (χ3v) is 3.25. The SMILES string of the molecule is Cc1ccc(N2C(=O)CCC2C)cc1C. The van der Waals surface area contributed by atoms with E-state index >= 15 is 0 Å². The van der Waals surface area contributed by atoms with Gasteiger partial charge in [0.05, 0.1) is 0 Å². The highest BCUT2D eigenvalue weighted by Gasteiger charge is 2.28. The van der Waals surface area contributed by atoms with E-state index in [1.807, 2.05) is 11.0 Å². The third-order valence-electron chi connectivity index (χ3n) is 3.25. The topological polar surface area (TPSA) is 20.3 Å². The zero-order valence-electron chi connectivity index (χ0n) is 9.58. The molecule has 1 atom stereocenters. The predicted octanol–water partition coefficient (Wildman–Crippen LogP) is 2.82. The summed E-state index contributed by atoms with van der Waals surface area (Å²) in [4.78, 5) is 13.6. The summed E-state index contributed by atoms with van der Waals surface area (Å²) < 4.78 is 0. The number of hydrogen-bond donors (Lipinski definition) is 0. The van der Waals surface area contributed by atoms with Gasteiger partial charge < -0.3 is 4.90 Å². The Labute approximate surface area is 90.9 Å². The molecular formula is C13H17NO. The number of carbonyl (C=O) groups is 1. The van der Waals surface area contributed by atoms with E-state index in [0.717, 1.165) is 12.1 Å². The number of amides is 1. The number of rotatable bonds is 1. The van der Waals surface area contributed by atoms with E-state index in [1.165, 1.54) is 11.1 Å². The normalized spacial score (nSPS) is 21.1. The molecule has 1 aliphatic rings. The number of hydrogen-bond acceptors (Lipinski definition) is 1. The summed E-state index contributed by atoms with van der Waals surface area (Å²) in [5.41, 5.74) is 3.57. The Balaban J connectivity index is 2.36. The maximum Gasteiger partial charge on any atom is 0.227 e. The van der Waals surface area contributed by atoms with Crippen LogP contribution in [0, 0.1) is 13.8 Å². The van der Waals surface area contributed by atoms with Crippen LogP contribution in [0.15, 0.2) is 18.2 Å². The van der Waals surface area contributed by atoms with E-state index in [0.29, 0.717) is 12.5 Å². The molecule has 1 aliphatic heterocycles. The monoisotopic (exact) mass is 203 g/mol. The van der Waals surface area contributed by atoms with Crippen molar-refractivity contribution in [3.63, 3.8) is 0 Å². The van der Waals surface area contributed by atoms with Gasteiger partial charge in [-0.05, 0) is 50.5 Å². The zero-order chi connectivity index (χ0) is 11.0. The lowest BCUT2D eigenvalue weighted by Crippen LogP contribution is -2.30. The van der Waals surface area contributed by atoms with Crippen LogP contribution in [-0.2, 0) is 4.79 Å². The molecule has 1 amide bonds. The molecule has 0 radical (unpaired) electrons. The van der Waals surface area contributed by atoms with Crippen LogP contribution in [0.5, 0.6) is 0 Å². The lowest BCUT2D eigenvalue weighted by molar-refractivity contribution is -0.117. The average molecular weight is 203 g/mol. The minimum atomic E-state index is 0.255. The van der Waals surface area contributed by atoms with Gasteiger partial charge in [0.25, 0.3) is 0 Å². The van der Waals surface area contributed by atoms with Gasteiger partial charge in [-0.2, -0.15) is 0 Å². The van der Waals surface area contributed by atoms with Gasteiger partial charge in [0.1, 0.15) is 0 Å². The molecular weight excluding hydrogens is 186 g/mol. The maximum absolute atomic E-state index is 11.7. The van der Waals surface area contributed by atoms with Crippen LogP contribution < -0.4 is 4.90 Å². The molecule has 0 aliphatic carbocycles. The van der Waals surface area contributed by atoms with Crippen LogP contribution in [0.25, 0.3) is 0 Å². The van der Waals surface area contributed by atoms with Gasteiger partial charge in [-0.1, -0.05) is 6.07 Å². The first kappa shape index (κ1) is 10.2. The third kappa shape index (κ3) is 1.76. The van der Waals surface area contributed by atoms with Crippen LogP contribution in [0.3, 0.4) is 0 Å². The number of aryl methyl sites for hydroxylation is 2. The number of anilines is 1. The molecule has 1 fully saturated rings. The average Bonchev–Trinajstić information content (AvgIpc) is 2.52. The van der Waals surface area contributed by atoms with Gasteiger partial charge in [-0.25, -0.2) is 0 Å². The predicted molar refractivity (Wildman–Crippen MR) is 62.1 cm³/mol. The summed E-state index contributed by atoms with van der Waals surface area (Å²) in [5, 5.41) is 0. The fourth-order valence-electron chi connectivity index (χ4n) is 2.10. The molecule has 0 aromatic heterocycles.